The van der Waals surface area contributed by atoms with Crippen molar-refractivity contribution in [2.24, 2.45) is 0 Å². The zero-order chi connectivity index (χ0) is 18.7. The number of rotatable bonds is 5. The molecule has 0 unspecified atom stereocenters. The standard InChI is InChI=1S/C19H22ClN3O3/c1-2-3-4-17(24)22-9-7-19(26,8-10-22)12-23-13-21-16-11-14(20)5-6-15(16)18(23)25/h2,5-6,11,13,26H,1,3-4,7-10,12H2. The zero-order valence-electron chi connectivity index (χ0n) is 14.5. The van der Waals surface area contributed by atoms with Crippen LogP contribution in [0.5, 0.6) is 0 Å². The van der Waals surface area contributed by atoms with Gasteiger partial charge in [-0.1, -0.05) is 17.7 Å². The van der Waals surface area contributed by atoms with Crippen molar-refractivity contribution in [3.63, 3.8) is 0 Å². The van der Waals surface area contributed by atoms with E-state index in [1.807, 2.05) is 0 Å². The number of aliphatic hydroxyl groups is 1. The van der Waals surface area contributed by atoms with E-state index in [0.717, 1.165) is 0 Å². The highest BCUT2D eigenvalue weighted by atomic mass is 35.5. The van der Waals surface area contributed by atoms with Crippen LogP contribution in [-0.2, 0) is 11.3 Å². The van der Waals surface area contributed by atoms with Gasteiger partial charge in [0.05, 0.1) is 29.4 Å². The summed E-state index contributed by atoms with van der Waals surface area (Å²) >= 11 is 5.93. The van der Waals surface area contributed by atoms with Gasteiger partial charge in [-0.2, -0.15) is 0 Å². The van der Waals surface area contributed by atoms with E-state index in [2.05, 4.69) is 11.6 Å². The molecule has 0 atom stereocenters. The Morgan fingerprint density at radius 3 is 2.81 bits per heavy atom. The molecule has 0 spiro atoms. The predicted octanol–water partition coefficient (Wildman–Crippen LogP) is 2.37. The van der Waals surface area contributed by atoms with Crippen molar-refractivity contribution in [2.45, 2.75) is 37.8 Å². The Labute approximate surface area is 156 Å². The van der Waals surface area contributed by atoms with Gasteiger partial charge >= 0.3 is 0 Å². The predicted molar refractivity (Wildman–Crippen MR) is 101 cm³/mol. The molecular formula is C19H22ClN3O3. The molecule has 1 amide bonds. The highest BCUT2D eigenvalue weighted by Gasteiger charge is 2.34. The van der Waals surface area contributed by atoms with Crippen LogP contribution in [0.15, 0.2) is 42.0 Å². The molecular weight excluding hydrogens is 354 g/mol. The third kappa shape index (κ3) is 3.97. The maximum Gasteiger partial charge on any atom is 0.261 e. The molecule has 6 nitrogen and oxygen atoms in total. The lowest BCUT2D eigenvalue weighted by Crippen LogP contribution is -2.49. The number of likely N-dealkylation sites (tertiary alicyclic amines) is 1. The molecule has 0 saturated carbocycles. The maximum atomic E-state index is 12.6. The van der Waals surface area contributed by atoms with Crippen molar-refractivity contribution in [1.29, 1.82) is 0 Å². The number of fused-ring (bicyclic) bond motifs is 1. The maximum absolute atomic E-state index is 12.6. The Kier molecular flexibility index (Phi) is 5.44. The minimum atomic E-state index is -1.03. The smallest absolute Gasteiger partial charge is 0.261 e. The lowest BCUT2D eigenvalue weighted by molar-refractivity contribution is -0.135. The summed E-state index contributed by atoms with van der Waals surface area (Å²) in [7, 11) is 0. The Hall–Kier alpha value is -2.18. The molecule has 3 rings (SSSR count). The van der Waals surface area contributed by atoms with Crippen molar-refractivity contribution in [2.75, 3.05) is 13.1 Å². The molecule has 0 radical (unpaired) electrons. The molecule has 1 aromatic heterocycles. The van der Waals surface area contributed by atoms with E-state index >= 15 is 0 Å². The number of benzene rings is 1. The molecule has 1 N–H and O–H groups in total. The van der Waals surface area contributed by atoms with E-state index in [-0.39, 0.29) is 18.0 Å². The molecule has 1 aliphatic heterocycles. The Morgan fingerprint density at radius 2 is 2.12 bits per heavy atom. The van der Waals surface area contributed by atoms with E-state index in [4.69, 9.17) is 11.6 Å². The van der Waals surface area contributed by atoms with Crippen LogP contribution in [0.1, 0.15) is 25.7 Å². The largest absolute Gasteiger partial charge is 0.388 e. The Balaban J connectivity index is 1.71. The summed E-state index contributed by atoms with van der Waals surface area (Å²) in [4.78, 5) is 30.8. The van der Waals surface area contributed by atoms with Crippen molar-refractivity contribution >= 4 is 28.4 Å². The van der Waals surface area contributed by atoms with Gasteiger partial charge in [0.2, 0.25) is 5.91 Å². The lowest BCUT2D eigenvalue weighted by Gasteiger charge is -2.38. The Morgan fingerprint density at radius 1 is 1.38 bits per heavy atom. The second kappa shape index (κ2) is 7.60. The fourth-order valence-corrected chi connectivity index (χ4v) is 3.44. The average Bonchev–Trinajstić information content (AvgIpc) is 2.62. The summed E-state index contributed by atoms with van der Waals surface area (Å²) in [6.45, 7) is 4.75. The second-order valence-corrected chi connectivity index (χ2v) is 7.21. The number of aromatic nitrogens is 2. The number of hydrogen-bond donors (Lipinski definition) is 1. The highest BCUT2D eigenvalue weighted by Crippen LogP contribution is 2.24. The minimum absolute atomic E-state index is 0.0772. The lowest BCUT2D eigenvalue weighted by atomic mass is 9.91. The molecule has 1 fully saturated rings. The quantitative estimate of drug-likeness (QED) is 0.814. The fourth-order valence-electron chi connectivity index (χ4n) is 3.28. The van der Waals surface area contributed by atoms with Crippen LogP contribution in [0.4, 0.5) is 0 Å². The summed E-state index contributed by atoms with van der Waals surface area (Å²) in [5.74, 6) is 0.0772. The van der Waals surface area contributed by atoms with Gasteiger partial charge in [-0.3, -0.25) is 14.2 Å². The first-order chi connectivity index (χ1) is 12.4. The third-order valence-corrected chi connectivity index (χ3v) is 5.10. The molecule has 7 heteroatoms. The van der Waals surface area contributed by atoms with Gasteiger partial charge in [-0.05, 0) is 37.5 Å². The molecule has 1 saturated heterocycles. The number of amides is 1. The summed E-state index contributed by atoms with van der Waals surface area (Å²) in [5, 5.41) is 11.9. The van der Waals surface area contributed by atoms with Crippen molar-refractivity contribution < 1.29 is 9.90 Å². The average molecular weight is 376 g/mol. The van der Waals surface area contributed by atoms with E-state index < -0.39 is 5.60 Å². The van der Waals surface area contributed by atoms with E-state index in [1.165, 1.54) is 10.9 Å². The van der Waals surface area contributed by atoms with Gasteiger partial charge in [0.25, 0.3) is 5.56 Å². The molecule has 0 aliphatic carbocycles. The van der Waals surface area contributed by atoms with E-state index in [0.29, 0.717) is 54.7 Å². The number of halogens is 1. The van der Waals surface area contributed by atoms with Gasteiger partial charge in [-0.25, -0.2) is 4.98 Å². The normalized spacial score (nSPS) is 16.6. The van der Waals surface area contributed by atoms with Crippen molar-refractivity contribution in [1.82, 2.24) is 14.5 Å². The van der Waals surface area contributed by atoms with Crippen LogP contribution in [0.25, 0.3) is 10.9 Å². The number of nitrogens with zero attached hydrogens (tertiary/aromatic N) is 3. The molecule has 2 heterocycles. The minimum Gasteiger partial charge on any atom is -0.388 e. The van der Waals surface area contributed by atoms with Crippen LogP contribution in [-0.4, -0.2) is 44.2 Å². The second-order valence-electron chi connectivity index (χ2n) is 6.77. The van der Waals surface area contributed by atoms with Crippen LogP contribution in [0, 0.1) is 0 Å². The number of carbonyl (C=O) groups excluding carboxylic acids is 1. The van der Waals surface area contributed by atoms with E-state index in [1.54, 1.807) is 29.2 Å². The summed E-state index contributed by atoms with van der Waals surface area (Å²) in [6, 6.07) is 4.94. The molecule has 26 heavy (non-hydrogen) atoms. The van der Waals surface area contributed by atoms with Crippen molar-refractivity contribution in [3.05, 3.63) is 52.6 Å². The van der Waals surface area contributed by atoms with Crippen molar-refractivity contribution in [3.8, 4) is 0 Å². The first kappa shape index (κ1) is 18.6. The van der Waals surface area contributed by atoms with Crippen LogP contribution >= 0.6 is 11.6 Å². The van der Waals surface area contributed by atoms with Gasteiger partial charge in [0.15, 0.2) is 0 Å². The summed E-state index contributed by atoms with van der Waals surface area (Å²) in [6.07, 6.45) is 5.13. The molecule has 138 valence electrons. The number of hydrogen-bond acceptors (Lipinski definition) is 4. The highest BCUT2D eigenvalue weighted by molar-refractivity contribution is 6.31. The monoisotopic (exact) mass is 375 g/mol. The first-order valence-electron chi connectivity index (χ1n) is 8.68. The summed E-state index contributed by atoms with van der Waals surface area (Å²) < 4.78 is 1.44. The molecule has 1 aliphatic rings. The van der Waals surface area contributed by atoms with E-state index in [9.17, 15) is 14.7 Å². The number of carbonyl (C=O) groups is 1. The Bertz CT molecular complexity index is 885. The van der Waals surface area contributed by atoms with Gasteiger partial charge in [-0.15, -0.1) is 6.58 Å². The molecule has 0 bridgehead atoms. The number of allylic oxidation sites excluding steroid dienone is 1. The van der Waals surface area contributed by atoms with Crippen LogP contribution < -0.4 is 5.56 Å². The van der Waals surface area contributed by atoms with Gasteiger partial charge < -0.3 is 10.0 Å². The van der Waals surface area contributed by atoms with Gasteiger partial charge in [0.1, 0.15) is 0 Å². The van der Waals surface area contributed by atoms with Crippen LogP contribution in [0.2, 0.25) is 5.02 Å². The molecule has 1 aromatic carbocycles. The zero-order valence-corrected chi connectivity index (χ0v) is 15.3. The molecule has 2 aromatic rings. The SMILES string of the molecule is C=CCCC(=O)N1CCC(O)(Cn2cnc3cc(Cl)ccc3c2=O)CC1. The summed E-state index contributed by atoms with van der Waals surface area (Å²) in [5.41, 5.74) is -0.696. The van der Waals surface area contributed by atoms with Crippen LogP contribution in [0.3, 0.4) is 0 Å². The number of piperidine rings is 1. The van der Waals surface area contributed by atoms with Gasteiger partial charge in [0, 0.05) is 24.5 Å². The first-order valence-corrected chi connectivity index (χ1v) is 9.05. The topological polar surface area (TPSA) is 75.4 Å². The fraction of sp³-hybridized carbons (Fsp3) is 0.421. The third-order valence-electron chi connectivity index (χ3n) is 4.86.